The first-order valence-corrected chi connectivity index (χ1v) is 1.82. The number of rotatable bonds is 0. The molecule has 0 aliphatic carbocycles. The molecule has 0 amide bonds. The SMILES string of the molecule is O.[c]1c[c]ccc1. The van der Waals surface area contributed by atoms with Crippen molar-refractivity contribution in [3.63, 3.8) is 0 Å². The molecule has 1 nitrogen and oxygen atoms in total. The molecule has 0 saturated heterocycles. The van der Waals surface area contributed by atoms with E-state index in [9.17, 15) is 0 Å². The topological polar surface area (TPSA) is 31.5 Å². The summed E-state index contributed by atoms with van der Waals surface area (Å²) >= 11 is 0. The van der Waals surface area contributed by atoms with Crippen molar-refractivity contribution in [2.75, 3.05) is 0 Å². The highest BCUT2D eigenvalue weighted by atomic mass is 16.0. The van der Waals surface area contributed by atoms with E-state index in [2.05, 4.69) is 12.1 Å². The zero-order valence-corrected chi connectivity index (χ0v) is 3.81. The van der Waals surface area contributed by atoms with E-state index in [1.54, 1.807) is 6.07 Å². The van der Waals surface area contributed by atoms with Crippen LogP contribution in [-0.2, 0) is 0 Å². The van der Waals surface area contributed by atoms with Gasteiger partial charge in [0, 0.05) is 0 Å². The molecule has 1 aromatic rings. The molecule has 0 fully saturated rings. The van der Waals surface area contributed by atoms with E-state index in [1.165, 1.54) is 0 Å². The van der Waals surface area contributed by atoms with Crippen LogP contribution in [0, 0.1) is 12.1 Å². The van der Waals surface area contributed by atoms with E-state index in [0.29, 0.717) is 0 Å². The summed E-state index contributed by atoms with van der Waals surface area (Å²) in [4.78, 5) is 0. The van der Waals surface area contributed by atoms with Crippen molar-refractivity contribution in [2.45, 2.75) is 0 Å². The van der Waals surface area contributed by atoms with Crippen LogP contribution < -0.4 is 0 Å². The van der Waals surface area contributed by atoms with Gasteiger partial charge in [0.2, 0.25) is 0 Å². The van der Waals surface area contributed by atoms with Crippen LogP contribution in [0.5, 0.6) is 0 Å². The molecule has 1 heteroatoms. The summed E-state index contributed by atoms with van der Waals surface area (Å²) in [5.74, 6) is 0. The van der Waals surface area contributed by atoms with E-state index >= 15 is 0 Å². The van der Waals surface area contributed by atoms with Gasteiger partial charge in [-0.2, -0.15) is 0 Å². The Morgan fingerprint density at radius 3 is 1.71 bits per heavy atom. The van der Waals surface area contributed by atoms with Crippen LogP contribution in [0.3, 0.4) is 0 Å². The maximum atomic E-state index is 2.84. The van der Waals surface area contributed by atoms with E-state index < -0.39 is 0 Å². The van der Waals surface area contributed by atoms with Gasteiger partial charge in [-0.25, -0.2) is 0 Å². The first-order chi connectivity index (χ1) is 3.00. The Hall–Kier alpha value is -0.820. The highest BCUT2D eigenvalue weighted by molar-refractivity contribution is 4.95. The maximum absolute atomic E-state index is 2.84. The Labute approximate surface area is 42.9 Å². The molecule has 7 heavy (non-hydrogen) atoms. The zero-order chi connectivity index (χ0) is 4.24. The van der Waals surface area contributed by atoms with Gasteiger partial charge in [-0.1, -0.05) is 18.2 Å². The lowest BCUT2D eigenvalue weighted by Crippen LogP contribution is -1.50. The van der Waals surface area contributed by atoms with E-state index in [-0.39, 0.29) is 5.48 Å². The predicted molar refractivity (Wildman–Crippen MR) is 27.7 cm³/mol. The molecule has 0 unspecified atom stereocenters. The highest BCUT2D eigenvalue weighted by Crippen LogP contribution is 1.77. The standard InChI is InChI=1S/C6H4.H2O/c1-2-4-6-5-3-1;/h1-3,6H;1H2. The molecule has 0 aromatic heterocycles. The molecular weight excluding hydrogens is 88.1 g/mol. The van der Waals surface area contributed by atoms with Crippen molar-refractivity contribution < 1.29 is 5.48 Å². The number of hydrogen-bond donors (Lipinski definition) is 0. The van der Waals surface area contributed by atoms with E-state index in [1.807, 2.05) is 18.2 Å². The largest absolute Gasteiger partial charge is 0.412 e. The summed E-state index contributed by atoms with van der Waals surface area (Å²) < 4.78 is 0. The minimum atomic E-state index is 0. The molecule has 36 valence electrons. The summed E-state index contributed by atoms with van der Waals surface area (Å²) in [6, 6.07) is 13.0. The fourth-order valence-electron chi connectivity index (χ4n) is 0.304. The predicted octanol–water partition coefficient (Wildman–Crippen LogP) is 0.462. The summed E-state index contributed by atoms with van der Waals surface area (Å²) in [5, 5.41) is 0. The Bertz CT molecular complexity index is 76.1. The monoisotopic (exact) mass is 94.0 g/mol. The molecule has 0 bridgehead atoms. The van der Waals surface area contributed by atoms with Gasteiger partial charge in [-0.3, -0.25) is 0 Å². The van der Waals surface area contributed by atoms with Crippen LogP contribution in [0.4, 0.5) is 0 Å². The van der Waals surface area contributed by atoms with Crippen molar-refractivity contribution in [1.29, 1.82) is 0 Å². The smallest absolute Gasteiger partial charge is 0.0178 e. The maximum Gasteiger partial charge on any atom is -0.0178 e. The van der Waals surface area contributed by atoms with Crippen LogP contribution >= 0.6 is 0 Å². The Kier molecular flexibility index (Phi) is 2.98. The van der Waals surface area contributed by atoms with E-state index in [4.69, 9.17) is 0 Å². The molecule has 0 saturated carbocycles. The van der Waals surface area contributed by atoms with Crippen molar-refractivity contribution >= 4 is 0 Å². The Balaban J connectivity index is 0.000000360. The third kappa shape index (κ3) is 1.95. The van der Waals surface area contributed by atoms with Crippen LogP contribution in [-0.4, -0.2) is 5.48 Å². The first kappa shape index (κ1) is 6.18. The molecule has 0 spiro atoms. The van der Waals surface area contributed by atoms with Gasteiger partial charge in [0.15, 0.2) is 0 Å². The van der Waals surface area contributed by atoms with Gasteiger partial charge < -0.3 is 5.48 Å². The second kappa shape index (κ2) is 3.37. The highest BCUT2D eigenvalue weighted by Gasteiger charge is 1.59. The second-order valence-corrected chi connectivity index (χ2v) is 1.00. The molecule has 0 atom stereocenters. The number of benzene rings is 1. The quantitative estimate of drug-likeness (QED) is 0.447. The van der Waals surface area contributed by atoms with Crippen LogP contribution in [0.25, 0.3) is 0 Å². The molecule has 2 N–H and O–H groups in total. The minimum Gasteiger partial charge on any atom is -0.412 e. The van der Waals surface area contributed by atoms with Crippen molar-refractivity contribution in [2.24, 2.45) is 0 Å². The van der Waals surface area contributed by atoms with E-state index in [0.717, 1.165) is 0 Å². The van der Waals surface area contributed by atoms with Crippen LogP contribution in [0.2, 0.25) is 0 Å². The summed E-state index contributed by atoms with van der Waals surface area (Å²) in [6.45, 7) is 0. The van der Waals surface area contributed by atoms with Gasteiger partial charge in [0.1, 0.15) is 0 Å². The van der Waals surface area contributed by atoms with Gasteiger partial charge in [0.05, 0.1) is 0 Å². The average molecular weight is 94.1 g/mol. The lowest BCUT2D eigenvalue weighted by Gasteiger charge is -1.67. The molecule has 0 aliphatic rings. The van der Waals surface area contributed by atoms with Crippen LogP contribution in [0.1, 0.15) is 0 Å². The molecule has 0 heterocycles. The lowest BCUT2D eigenvalue weighted by molar-refractivity contribution is 0.824. The third-order valence-electron chi connectivity index (χ3n) is 0.552. The van der Waals surface area contributed by atoms with Crippen molar-refractivity contribution in [3.05, 3.63) is 36.4 Å². The lowest BCUT2D eigenvalue weighted by atomic mass is 10.4. The first-order valence-electron chi connectivity index (χ1n) is 1.82. The minimum absolute atomic E-state index is 0. The Morgan fingerprint density at radius 1 is 1.00 bits per heavy atom. The van der Waals surface area contributed by atoms with Crippen molar-refractivity contribution in [3.8, 4) is 0 Å². The molecule has 1 aromatic carbocycles. The average Bonchev–Trinajstić information content (AvgIpc) is 1.72. The van der Waals surface area contributed by atoms with Gasteiger partial charge in [0.25, 0.3) is 0 Å². The third-order valence-corrected chi connectivity index (χ3v) is 0.552. The normalized spacial score (nSPS) is 6.86. The molecule has 2 radical (unpaired) electrons. The molecule has 0 aliphatic heterocycles. The Morgan fingerprint density at radius 2 is 1.57 bits per heavy atom. The van der Waals surface area contributed by atoms with Gasteiger partial charge in [-0.15, -0.1) is 0 Å². The summed E-state index contributed by atoms with van der Waals surface area (Å²) in [7, 11) is 0. The summed E-state index contributed by atoms with van der Waals surface area (Å²) in [5.41, 5.74) is 0. The van der Waals surface area contributed by atoms with Gasteiger partial charge in [-0.05, 0) is 18.2 Å². The second-order valence-electron chi connectivity index (χ2n) is 1.00. The fourth-order valence-corrected chi connectivity index (χ4v) is 0.304. The summed E-state index contributed by atoms with van der Waals surface area (Å²) in [6.07, 6.45) is 0. The molecular formula is C6H6O. The fraction of sp³-hybridized carbons (Fsp3) is 0. The number of hydrogen-bond acceptors (Lipinski definition) is 0. The van der Waals surface area contributed by atoms with Crippen molar-refractivity contribution in [1.82, 2.24) is 0 Å². The molecule has 1 rings (SSSR count). The zero-order valence-electron chi connectivity index (χ0n) is 3.81. The van der Waals surface area contributed by atoms with Crippen LogP contribution in [0.15, 0.2) is 24.3 Å². The van der Waals surface area contributed by atoms with Gasteiger partial charge >= 0.3 is 0 Å².